The van der Waals surface area contributed by atoms with Crippen LogP contribution in [-0.4, -0.2) is 63.7 Å². The lowest BCUT2D eigenvalue weighted by atomic mass is 9.98. The molecule has 2 heterocycles. The predicted molar refractivity (Wildman–Crippen MR) is 136 cm³/mol. The summed E-state index contributed by atoms with van der Waals surface area (Å²) in [6, 6.07) is 14.6. The Labute approximate surface area is 219 Å². The van der Waals surface area contributed by atoms with E-state index in [0.717, 1.165) is 10.5 Å². The van der Waals surface area contributed by atoms with Crippen molar-refractivity contribution in [1.29, 1.82) is 0 Å². The van der Waals surface area contributed by atoms with Crippen molar-refractivity contribution in [3.05, 3.63) is 89.4 Å². The molecule has 9 nitrogen and oxygen atoms in total. The van der Waals surface area contributed by atoms with Crippen LogP contribution in [0.3, 0.4) is 0 Å². The third kappa shape index (κ3) is 6.20. The Morgan fingerprint density at radius 3 is 2.58 bits per heavy atom. The molecule has 4 unspecified atom stereocenters. The van der Waals surface area contributed by atoms with Crippen molar-refractivity contribution in [2.45, 2.75) is 50.7 Å². The number of nitrogens with zero attached hydrogens (tertiary/aromatic N) is 1. The molecule has 0 radical (unpaired) electrons. The van der Waals surface area contributed by atoms with Gasteiger partial charge in [0.2, 0.25) is 5.91 Å². The van der Waals surface area contributed by atoms with Crippen molar-refractivity contribution in [2.75, 3.05) is 6.54 Å². The zero-order chi connectivity index (χ0) is 27.2. The molecule has 3 amide bonds. The number of likely N-dealkylation sites (tertiary alicyclic amines) is 1. The highest BCUT2D eigenvalue weighted by atomic mass is 19.1. The number of phenolic OH excluding ortho intramolecular Hbond substituents is 1. The molecular formula is C28H30FN3O6. The lowest BCUT2D eigenvalue weighted by molar-refractivity contribution is -0.146. The molecule has 1 aromatic heterocycles. The molecule has 10 heteroatoms. The molecule has 0 saturated carbocycles. The number of amides is 3. The molecule has 38 heavy (non-hydrogen) atoms. The first kappa shape index (κ1) is 26.9. The minimum Gasteiger partial charge on any atom is -0.508 e. The molecule has 1 saturated heterocycles. The van der Waals surface area contributed by atoms with Crippen molar-refractivity contribution in [3.63, 3.8) is 0 Å². The SMILES string of the molecule is Cc1c(O)cccc1C(=O)NC(Cc1ccccc1)C(O)C(=O)N1CC(F)CC1C(=O)NCc1ccco1. The average Bonchev–Trinajstić information content (AvgIpc) is 3.58. The van der Waals surface area contributed by atoms with Crippen LogP contribution in [0.15, 0.2) is 71.3 Å². The van der Waals surface area contributed by atoms with E-state index in [9.17, 15) is 29.0 Å². The number of carbonyl (C=O) groups excluding carboxylic acids is 3. The van der Waals surface area contributed by atoms with Gasteiger partial charge in [0.15, 0.2) is 6.10 Å². The second kappa shape index (κ2) is 11.9. The van der Waals surface area contributed by atoms with E-state index in [-0.39, 0.29) is 37.2 Å². The average molecular weight is 524 g/mol. The van der Waals surface area contributed by atoms with E-state index < -0.39 is 42.1 Å². The van der Waals surface area contributed by atoms with Crippen LogP contribution in [0.5, 0.6) is 5.75 Å². The number of aromatic hydroxyl groups is 1. The fourth-order valence-electron chi connectivity index (χ4n) is 4.55. The van der Waals surface area contributed by atoms with E-state index in [4.69, 9.17) is 4.42 Å². The zero-order valence-electron chi connectivity index (χ0n) is 20.8. The Kier molecular flexibility index (Phi) is 8.42. The minimum absolute atomic E-state index is 0.0664. The molecule has 1 fully saturated rings. The number of hydrogen-bond donors (Lipinski definition) is 4. The molecule has 1 aliphatic rings. The number of furan rings is 1. The van der Waals surface area contributed by atoms with E-state index in [2.05, 4.69) is 10.6 Å². The quantitative estimate of drug-likeness (QED) is 0.340. The maximum Gasteiger partial charge on any atom is 0.254 e. The molecular weight excluding hydrogens is 493 g/mol. The normalized spacial score (nSPS) is 18.6. The van der Waals surface area contributed by atoms with Gasteiger partial charge in [-0.2, -0.15) is 0 Å². The Morgan fingerprint density at radius 2 is 1.87 bits per heavy atom. The third-order valence-electron chi connectivity index (χ3n) is 6.65. The lowest BCUT2D eigenvalue weighted by Crippen LogP contribution is -2.55. The topological polar surface area (TPSA) is 132 Å². The number of phenols is 1. The Balaban J connectivity index is 1.53. The second-order valence-corrected chi connectivity index (χ2v) is 9.30. The number of benzene rings is 2. The predicted octanol–water partition coefficient (Wildman–Crippen LogP) is 2.25. The fourth-order valence-corrected chi connectivity index (χ4v) is 4.55. The molecule has 4 atom stereocenters. The number of alkyl halides is 1. The molecule has 4 rings (SSSR count). The molecule has 2 aromatic carbocycles. The Morgan fingerprint density at radius 1 is 1.11 bits per heavy atom. The summed E-state index contributed by atoms with van der Waals surface area (Å²) >= 11 is 0. The minimum atomic E-state index is -1.76. The van der Waals surface area contributed by atoms with Crippen LogP contribution in [0.4, 0.5) is 4.39 Å². The summed E-state index contributed by atoms with van der Waals surface area (Å²) in [4.78, 5) is 40.4. The highest BCUT2D eigenvalue weighted by molar-refractivity contribution is 5.97. The van der Waals surface area contributed by atoms with Crippen LogP contribution < -0.4 is 10.6 Å². The molecule has 3 aromatic rings. The summed E-state index contributed by atoms with van der Waals surface area (Å²) in [6.07, 6.45) is -1.86. The van der Waals surface area contributed by atoms with Gasteiger partial charge in [-0.25, -0.2) is 4.39 Å². The van der Waals surface area contributed by atoms with Gasteiger partial charge in [0.25, 0.3) is 11.8 Å². The van der Waals surface area contributed by atoms with Gasteiger partial charge in [0.1, 0.15) is 23.7 Å². The van der Waals surface area contributed by atoms with Crippen molar-refractivity contribution in [1.82, 2.24) is 15.5 Å². The van der Waals surface area contributed by atoms with Gasteiger partial charge in [0, 0.05) is 17.5 Å². The number of aliphatic hydroxyl groups excluding tert-OH is 1. The fraction of sp³-hybridized carbons (Fsp3) is 0.321. The van der Waals surface area contributed by atoms with Crippen LogP contribution in [0.25, 0.3) is 0 Å². The van der Waals surface area contributed by atoms with Gasteiger partial charge < -0.3 is 30.2 Å². The summed E-state index contributed by atoms with van der Waals surface area (Å²) < 4.78 is 19.6. The smallest absolute Gasteiger partial charge is 0.254 e. The number of nitrogens with one attached hydrogen (secondary N) is 2. The van der Waals surface area contributed by atoms with Gasteiger partial charge in [-0.1, -0.05) is 36.4 Å². The highest BCUT2D eigenvalue weighted by Crippen LogP contribution is 2.24. The van der Waals surface area contributed by atoms with Crippen molar-refractivity contribution in [2.24, 2.45) is 0 Å². The van der Waals surface area contributed by atoms with Crippen LogP contribution in [0.1, 0.15) is 33.7 Å². The molecule has 0 spiro atoms. The van der Waals surface area contributed by atoms with Crippen LogP contribution in [0, 0.1) is 6.92 Å². The summed E-state index contributed by atoms with van der Waals surface area (Å²) in [6.45, 7) is 1.29. The molecule has 4 N–H and O–H groups in total. The van der Waals surface area contributed by atoms with Crippen molar-refractivity contribution in [3.8, 4) is 5.75 Å². The zero-order valence-corrected chi connectivity index (χ0v) is 20.8. The summed E-state index contributed by atoms with van der Waals surface area (Å²) in [5, 5.41) is 26.5. The van der Waals surface area contributed by atoms with Crippen LogP contribution in [0.2, 0.25) is 0 Å². The van der Waals surface area contributed by atoms with Crippen molar-refractivity contribution >= 4 is 17.7 Å². The highest BCUT2D eigenvalue weighted by Gasteiger charge is 2.43. The first-order valence-corrected chi connectivity index (χ1v) is 12.3. The number of rotatable bonds is 9. The van der Waals surface area contributed by atoms with Crippen molar-refractivity contribution < 1.29 is 33.4 Å². The largest absolute Gasteiger partial charge is 0.508 e. The number of halogens is 1. The van der Waals surface area contributed by atoms with Crippen LogP contribution in [-0.2, 0) is 22.6 Å². The first-order chi connectivity index (χ1) is 18.2. The summed E-state index contributed by atoms with van der Waals surface area (Å²) in [7, 11) is 0. The Bertz CT molecular complexity index is 1270. The van der Waals surface area contributed by atoms with Crippen LogP contribution >= 0.6 is 0 Å². The van der Waals surface area contributed by atoms with E-state index in [1.54, 1.807) is 43.3 Å². The standard InChI is InChI=1S/C28H30FN3O6/c1-17-21(10-5-11-24(17)33)26(35)31-22(13-18-7-3-2-4-8-18)25(34)28(37)32-16-19(29)14-23(32)27(36)30-15-20-9-6-12-38-20/h2-12,19,22-23,25,33-34H,13-16H2,1H3,(H,30,36)(H,31,35). The maximum absolute atomic E-state index is 14.4. The number of aliphatic hydroxyl groups is 1. The summed E-state index contributed by atoms with van der Waals surface area (Å²) in [5.41, 5.74) is 1.27. The molecule has 0 bridgehead atoms. The number of carbonyl (C=O) groups is 3. The van der Waals surface area contributed by atoms with E-state index in [1.807, 2.05) is 6.07 Å². The van der Waals surface area contributed by atoms with Gasteiger partial charge >= 0.3 is 0 Å². The molecule has 1 aliphatic heterocycles. The monoisotopic (exact) mass is 523 g/mol. The second-order valence-electron chi connectivity index (χ2n) is 9.30. The van der Waals surface area contributed by atoms with E-state index in [0.29, 0.717) is 11.3 Å². The lowest BCUT2D eigenvalue weighted by Gasteiger charge is -2.30. The van der Waals surface area contributed by atoms with E-state index >= 15 is 0 Å². The Hall–Kier alpha value is -4.18. The van der Waals surface area contributed by atoms with Gasteiger partial charge in [-0.15, -0.1) is 0 Å². The third-order valence-corrected chi connectivity index (χ3v) is 6.65. The first-order valence-electron chi connectivity index (χ1n) is 12.3. The van der Waals surface area contributed by atoms with Gasteiger partial charge in [0.05, 0.1) is 25.4 Å². The van der Waals surface area contributed by atoms with Gasteiger partial charge in [-0.3, -0.25) is 14.4 Å². The molecule has 200 valence electrons. The number of hydrogen-bond acceptors (Lipinski definition) is 6. The maximum atomic E-state index is 14.4. The van der Waals surface area contributed by atoms with E-state index in [1.165, 1.54) is 24.5 Å². The van der Waals surface area contributed by atoms with Gasteiger partial charge in [-0.05, 0) is 43.2 Å². The summed E-state index contributed by atoms with van der Waals surface area (Å²) in [5.74, 6) is -1.59. The molecule has 0 aliphatic carbocycles.